The lowest BCUT2D eigenvalue weighted by molar-refractivity contribution is -0.119. The largest absolute Gasteiger partial charge is 0.292 e. The fraction of sp³-hybridized carbons (Fsp3) is 0.286. The van der Waals surface area contributed by atoms with Gasteiger partial charge in [0.15, 0.2) is 0 Å². The maximum atomic E-state index is 13.7. The highest BCUT2D eigenvalue weighted by atomic mass is 16.2. The highest BCUT2D eigenvalue weighted by Gasteiger charge is 2.29. The van der Waals surface area contributed by atoms with Gasteiger partial charge in [0.1, 0.15) is 0 Å². The van der Waals surface area contributed by atoms with E-state index in [-0.39, 0.29) is 17.4 Å². The van der Waals surface area contributed by atoms with Crippen LogP contribution < -0.4 is 4.90 Å². The van der Waals surface area contributed by atoms with Crippen LogP contribution in [-0.2, 0) is 10.2 Å². The first-order chi connectivity index (χ1) is 18.9. The van der Waals surface area contributed by atoms with Gasteiger partial charge in [0.05, 0.1) is 12.6 Å². The molecular formula is C35H39N3O. The zero-order valence-corrected chi connectivity index (χ0v) is 23.3. The number of piperazine rings is 1. The molecule has 1 fully saturated rings. The van der Waals surface area contributed by atoms with Gasteiger partial charge in [-0.3, -0.25) is 19.5 Å². The standard InChI is InChI=1S/C35H39N3O/c1-35(2,3)30-21-19-29(20-22-30)34(28-13-7-4-8-14-28)37-25-23-36(24-26-37)27-33(39)38(31-15-9-5-10-16-31)32-17-11-6-12-18-32/h4-22,34H,23-27H2,1-3H3. The number of hydrogen-bond donors (Lipinski definition) is 0. The van der Waals surface area contributed by atoms with Crippen LogP contribution in [0.2, 0.25) is 0 Å². The lowest BCUT2D eigenvalue weighted by atomic mass is 9.85. The van der Waals surface area contributed by atoms with E-state index in [1.165, 1.54) is 16.7 Å². The first-order valence-electron chi connectivity index (χ1n) is 13.9. The van der Waals surface area contributed by atoms with Gasteiger partial charge >= 0.3 is 0 Å². The van der Waals surface area contributed by atoms with Crippen molar-refractivity contribution in [1.82, 2.24) is 9.80 Å². The van der Waals surface area contributed by atoms with E-state index in [0.29, 0.717) is 6.54 Å². The minimum absolute atomic E-state index is 0.0956. The molecule has 4 nitrogen and oxygen atoms in total. The third kappa shape index (κ3) is 6.47. The summed E-state index contributed by atoms with van der Waals surface area (Å²) < 4.78 is 0. The molecular weight excluding hydrogens is 478 g/mol. The molecule has 0 aromatic heterocycles. The second-order valence-corrected chi connectivity index (χ2v) is 11.4. The molecule has 5 rings (SSSR count). The summed E-state index contributed by atoms with van der Waals surface area (Å²) in [6.45, 7) is 10.7. The predicted octanol–water partition coefficient (Wildman–Crippen LogP) is 7.06. The molecule has 1 aliphatic heterocycles. The SMILES string of the molecule is CC(C)(C)c1ccc(C(c2ccccc2)N2CCN(CC(=O)N(c3ccccc3)c3ccccc3)CC2)cc1. The van der Waals surface area contributed by atoms with E-state index in [1.54, 1.807) is 0 Å². The fourth-order valence-corrected chi connectivity index (χ4v) is 5.45. The topological polar surface area (TPSA) is 26.8 Å². The molecule has 1 atom stereocenters. The Bertz CT molecular complexity index is 1280. The minimum Gasteiger partial charge on any atom is -0.292 e. The monoisotopic (exact) mass is 517 g/mol. The van der Waals surface area contributed by atoms with Crippen molar-refractivity contribution in [3.63, 3.8) is 0 Å². The van der Waals surface area contributed by atoms with Crippen LogP contribution in [0.15, 0.2) is 115 Å². The first-order valence-corrected chi connectivity index (χ1v) is 13.9. The van der Waals surface area contributed by atoms with Crippen molar-refractivity contribution in [2.75, 3.05) is 37.6 Å². The van der Waals surface area contributed by atoms with Crippen molar-refractivity contribution >= 4 is 17.3 Å². The second kappa shape index (κ2) is 12.0. The number of carbonyl (C=O) groups is 1. The molecule has 1 aliphatic rings. The highest BCUT2D eigenvalue weighted by molar-refractivity contribution is 6.01. The van der Waals surface area contributed by atoms with Crippen LogP contribution >= 0.6 is 0 Å². The van der Waals surface area contributed by atoms with E-state index >= 15 is 0 Å². The molecule has 0 spiro atoms. The fourth-order valence-electron chi connectivity index (χ4n) is 5.45. The van der Waals surface area contributed by atoms with E-state index < -0.39 is 0 Å². The van der Waals surface area contributed by atoms with Gasteiger partial charge in [-0.1, -0.05) is 112 Å². The molecule has 4 aromatic rings. The number of rotatable bonds is 7. The van der Waals surface area contributed by atoms with Gasteiger partial charge in [-0.25, -0.2) is 0 Å². The molecule has 1 unspecified atom stereocenters. The smallest absolute Gasteiger partial charge is 0.245 e. The molecule has 1 saturated heterocycles. The van der Waals surface area contributed by atoms with Crippen LogP contribution in [0.5, 0.6) is 0 Å². The van der Waals surface area contributed by atoms with Crippen molar-refractivity contribution in [3.8, 4) is 0 Å². The Labute approximate surface area is 233 Å². The van der Waals surface area contributed by atoms with E-state index in [9.17, 15) is 4.79 Å². The van der Waals surface area contributed by atoms with Gasteiger partial charge in [0.25, 0.3) is 0 Å². The molecule has 39 heavy (non-hydrogen) atoms. The van der Waals surface area contributed by atoms with Crippen molar-refractivity contribution in [2.45, 2.75) is 32.2 Å². The van der Waals surface area contributed by atoms with Gasteiger partial charge in [0, 0.05) is 37.6 Å². The van der Waals surface area contributed by atoms with Gasteiger partial charge in [0.2, 0.25) is 5.91 Å². The molecule has 0 bridgehead atoms. The quantitative estimate of drug-likeness (QED) is 0.263. The third-order valence-electron chi connectivity index (χ3n) is 7.62. The van der Waals surface area contributed by atoms with E-state index in [0.717, 1.165) is 37.6 Å². The number of anilines is 2. The maximum absolute atomic E-state index is 13.7. The number of hydrogen-bond acceptors (Lipinski definition) is 3. The molecule has 0 saturated carbocycles. The summed E-state index contributed by atoms with van der Waals surface area (Å²) in [5.74, 6) is 0.0956. The van der Waals surface area contributed by atoms with Crippen molar-refractivity contribution in [2.24, 2.45) is 0 Å². The maximum Gasteiger partial charge on any atom is 0.245 e. The normalized spacial score (nSPS) is 15.6. The average Bonchev–Trinajstić information content (AvgIpc) is 2.96. The van der Waals surface area contributed by atoms with Crippen LogP contribution in [0.25, 0.3) is 0 Å². The Hall–Kier alpha value is -3.73. The van der Waals surface area contributed by atoms with Crippen molar-refractivity contribution in [1.29, 1.82) is 0 Å². The van der Waals surface area contributed by atoms with E-state index in [4.69, 9.17) is 0 Å². The predicted molar refractivity (Wildman–Crippen MR) is 161 cm³/mol. The average molecular weight is 518 g/mol. The Morgan fingerprint density at radius 1 is 0.667 bits per heavy atom. The number of para-hydroxylation sites is 2. The van der Waals surface area contributed by atoms with E-state index in [2.05, 4.69) is 85.2 Å². The van der Waals surface area contributed by atoms with Crippen molar-refractivity contribution in [3.05, 3.63) is 132 Å². The zero-order valence-electron chi connectivity index (χ0n) is 23.3. The van der Waals surface area contributed by atoms with Crippen LogP contribution in [0.1, 0.15) is 43.5 Å². The van der Waals surface area contributed by atoms with Crippen molar-refractivity contribution < 1.29 is 4.79 Å². The Balaban J connectivity index is 1.31. The number of benzene rings is 4. The molecule has 0 aliphatic carbocycles. The third-order valence-corrected chi connectivity index (χ3v) is 7.62. The molecule has 4 heteroatoms. The Kier molecular flexibility index (Phi) is 8.25. The minimum atomic E-state index is 0.0956. The number of amides is 1. The Morgan fingerprint density at radius 2 is 1.13 bits per heavy atom. The molecule has 1 amide bonds. The van der Waals surface area contributed by atoms with Gasteiger partial charge < -0.3 is 0 Å². The van der Waals surface area contributed by atoms with Gasteiger partial charge in [-0.15, -0.1) is 0 Å². The lowest BCUT2D eigenvalue weighted by Crippen LogP contribution is -2.50. The summed E-state index contributed by atoms with van der Waals surface area (Å²) in [6, 6.07) is 40.0. The lowest BCUT2D eigenvalue weighted by Gasteiger charge is -2.40. The number of carbonyl (C=O) groups excluding carboxylic acids is 1. The first kappa shape index (κ1) is 26.9. The highest BCUT2D eigenvalue weighted by Crippen LogP contribution is 2.32. The molecule has 0 radical (unpaired) electrons. The summed E-state index contributed by atoms with van der Waals surface area (Å²) in [5.41, 5.74) is 5.91. The van der Waals surface area contributed by atoms with Crippen LogP contribution in [-0.4, -0.2) is 48.4 Å². The van der Waals surface area contributed by atoms with E-state index in [1.807, 2.05) is 65.6 Å². The molecule has 1 heterocycles. The summed E-state index contributed by atoms with van der Waals surface area (Å²) in [7, 11) is 0. The van der Waals surface area contributed by atoms with Crippen LogP contribution in [0, 0.1) is 0 Å². The summed E-state index contributed by atoms with van der Waals surface area (Å²) >= 11 is 0. The van der Waals surface area contributed by atoms with Crippen LogP contribution in [0.3, 0.4) is 0 Å². The van der Waals surface area contributed by atoms with Gasteiger partial charge in [-0.2, -0.15) is 0 Å². The zero-order chi connectivity index (χ0) is 27.2. The summed E-state index contributed by atoms with van der Waals surface area (Å²) in [5, 5.41) is 0. The Morgan fingerprint density at radius 3 is 1.62 bits per heavy atom. The summed E-state index contributed by atoms with van der Waals surface area (Å²) in [4.78, 5) is 20.4. The summed E-state index contributed by atoms with van der Waals surface area (Å²) in [6.07, 6.45) is 0. The number of nitrogens with zero attached hydrogens (tertiary/aromatic N) is 3. The molecule has 4 aromatic carbocycles. The second-order valence-electron chi connectivity index (χ2n) is 11.4. The van der Waals surface area contributed by atoms with Crippen LogP contribution in [0.4, 0.5) is 11.4 Å². The van der Waals surface area contributed by atoms with Gasteiger partial charge in [-0.05, 0) is 46.4 Å². The molecule has 200 valence electrons. The molecule has 0 N–H and O–H groups in total.